The number of carbonyl (C=O) groups is 3. The molecule has 0 aliphatic carbocycles. The number of carboxylic acid groups (broad SMARTS) is 1. The van der Waals surface area contributed by atoms with Crippen molar-refractivity contribution in [3.63, 3.8) is 0 Å². The molecule has 7 heteroatoms. The number of hydrogen-bond donors (Lipinski definition) is 2. The van der Waals surface area contributed by atoms with E-state index < -0.39 is 18.3 Å². The lowest BCUT2D eigenvalue weighted by atomic mass is 9.90. The van der Waals surface area contributed by atoms with Crippen LogP contribution in [0.1, 0.15) is 16.8 Å². The van der Waals surface area contributed by atoms with E-state index in [-0.39, 0.29) is 17.3 Å². The van der Waals surface area contributed by atoms with Crippen molar-refractivity contribution in [2.75, 3.05) is 20.2 Å². The summed E-state index contributed by atoms with van der Waals surface area (Å²) in [5, 5.41) is 12.1. The fraction of sp³-hybridized carbons (Fsp3) is 0.312. The maximum atomic E-state index is 12.8. The lowest BCUT2D eigenvalue weighted by Gasteiger charge is -2.12. The molecule has 2 N–H and O–H groups in total. The number of ether oxygens (including phenoxy) is 1. The van der Waals surface area contributed by atoms with Gasteiger partial charge in [0.05, 0.1) is 25.0 Å². The Morgan fingerprint density at radius 1 is 1.35 bits per heavy atom. The molecule has 23 heavy (non-hydrogen) atoms. The Morgan fingerprint density at radius 2 is 2.04 bits per heavy atom. The first-order valence-corrected chi connectivity index (χ1v) is 7.23. The highest BCUT2D eigenvalue weighted by molar-refractivity contribution is 6.15. The minimum absolute atomic E-state index is 0.236. The maximum Gasteiger partial charge on any atom is 0.304 e. The van der Waals surface area contributed by atoms with Gasteiger partial charge in [0.2, 0.25) is 5.91 Å². The molecule has 7 nitrogen and oxygen atoms in total. The van der Waals surface area contributed by atoms with Crippen LogP contribution in [0.5, 0.6) is 5.75 Å². The van der Waals surface area contributed by atoms with Crippen LogP contribution in [-0.2, 0) is 9.59 Å². The Kier molecular flexibility index (Phi) is 3.77. The van der Waals surface area contributed by atoms with E-state index in [4.69, 9.17) is 9.84 Å². The van der Waals surface area contributed by atoms with Crippen molar-refractivity contribution in [2.45, 2.75) is 6.42 Å². The Labute approximate surface area is 132 Å². The predicted octanol–water partition coefficient (Wildman–Crippen LogP) is 0.626. The molecule has 1 aromatic rings. The molecule has 0 unspecified atom stereocenters. The van der Waals surface area contributed by atoms with Crippen LogP contribution in [0.3, 0.4) is 0 Å². The summed E-state index contributed by atoms with van der Waals surface area (Å²) in [5.41, 5.74) is 0.632. The molecule has 3 rings (SSSR count). The predicted molar refractivity (Wildman–Crippen MR) is 79.8 cm³/mol. The van der Waals surface area contributed by atoms with Crippen molar-refractivity contribution in [1.82, 2.24) is 10.2 Å². The highest BCUT2D eigenvalue weighted by atomic mass is 16.5. The number of carbonyl (C=O) groups excluding carboxylic acids is 2. The number of nitrogens with one attached hydrogen (secondary N) is 1. The maximum absolute atomic E-state index is 12.8. The van der Waals surface area contributed by atoms with Gasteiger partial charge in [0.15, 0.2) is 5.78 Å². The van der Waals surface area contributed by atoms with Crippen molar-refractivity contribution >= 4 is 17.7 Å². The van der Waals surface area contributed by atoms with E-state index in [1.54, 1.807) is 24.3 Å². The SMILES string of the molecule is COc1ccc(C(=O)C2=C3NCCN3C(=O)[C@H]2CC(=O)O)cc1. The van der Waals surface area contributed by atoms with E-state index >= 15 is 0 Å². The van der Waals surface area contributed by atoms with Gasteiger partial charge in [-0.05, 0) is 24.3 Å². The van der Waals surface area contributed by atoms with Crippen molar-refractivity contribution < 1.29 is 24.2 Å². The van der Waals surface area contributed by atoms with E-state index in [1.807, 2.05) is 0 Å². The summed E-state index contributed by atoms with van der Waals surface area (Å²) >= 11 is 0. The Bertz CT molecular complexity index is 708. The molecule has 1 saturated heterocycles. The number of nitrogens with zero attached hydrogens (tertiary/aromatic N) is 1. The van der Waals surface area contributed by atoms with Crippen molar-refractivity contribution in [3.05, 3.63) is 41.2 Å². The largest absolute Gasteiger partial charge is 0.497 e. The molecule has 0 aromatic heterocycles. The first kappa shape index (κ1) is 15.1. The first-order valence-electron chi connectivity index (χ1n) is 7.23. The van der Waals surface area contributed by atoms with Gasteiger partial charge in [-0.25, -0.2) is 0 Å². The number of amides is 1. The average Bonchev–Trinajstić information content (AvgIpc) is 3.10. The van der Waals surface area contributed by atoms with Crippen LogP contribution < -0.4 is 10.1 Å². The molecule has 2 aliphatic heterocycles. The number of hydrogen-bond acceptors (Lipinski definition) is 5. The van der Waals surface area contributed by atoms with Crippen molar-refractivity contribution in [3.8, 4) is 5.75 Å². The van der Waals surface area contributed by atoms with Gasteiger partial charge < -0.3 is 15.2 Å². The number of rotatable bonds is 5. The van der Waals surface area contributed by atoms with Gasteiger partial charge in [-0.15, -0.1) is 0 Å². The Hall–Kier alpha value is -2.83. The third kappa shape index (κ3) is 2.54. The summed E-state index contributed by atoms with van der Waals surface area (Å²) in [5.74, 6) is -1.65. The molecule has 1 aromatic carbocycles. The van der Waals surface area contributed by atoms with Gasteiger partial charge in [0.25, 0.3) is 0 Å². The minimum atomic E-state index is -1.11. The number of carboxylic acids is 1. The molecular formula is C16H16N2O5. The summed E-state index contributed by atoms with van der Waals surface area (Å²) < 4.78 is 5.06. The normalized spacial score (nSPS) is 19.6. The summed E-state index contributed by atoms with van der Waals surface area (Å²) in [6.07, 6.45) is -0.391. The monoisotopic (exact) mass is 316 g/mol. The van der Waals surface area contributed by atoms with Crippen molar-refractivity contribution in [1.29, 1.82) is 0 Å². The second-order valence-corrected chi connectivity index (χ2v) is 5.39. The highest BCUT2D eigenvalue weighted by Gasteiger charge is 2.45. The smallest absolute Gasteiger partial charge is 0.304 e. The molecule has 0 saturated carbocycles. The number of Topliss-reactive ketones (excluding diaryl/α,β-unsaturated/α-hetero) is 1. The molecule has 2 aliphatic rings. The zero-order valence-electron chi connectivity index (χ0n) is 12.5. The highest BCUT2D eigenvalue weighted by Crippen LogP contribution is 2.35. The zero-order chi connectivity index (χ0) is 16.6. The summed E-state index contributed by atoms with van der Waals surface area (Å²) in [6.45, 7) is 1.00. The minimum Gasteiger partial charge on any atom is -0.497 e. The molecule has 1 atom stereocenters. The van der Waals surface area contributed by atoms with Crippen molar-refractivity contribution in [2.24, 2.45) is 5.92 Å². The average molecular weight is 316 g/mol. The van der Waals surface area contributed by atoms with E-state index in [9.17, 15) is 14.4 Å². The Morgan fingerprint density at radius 3 is 2.65 bits per heavy atom. The van der Waals surface area contributed by atoms with Gasteiger partial charge in [0.1, 0.15) is 11.6 Å². The Balaban J connectivity index is 1.98. The zero-order valence-corrected chi connectivity index (χ0v) is 12.5. The van der Waals surface area contributed by atoms with E-state index in [0.29, 0.717) is 30.2 Å². The van der Waals surface area contributed by atoms with Crippen LogP contribution in [-0.4, -0.2) is 47.9 Å². The van der Waals surface area contributed by atoms with Gasteiger partial charge in [0, 0.05) is 18.7 Å². The third-order valence-corrected chi connectivity index (χ3v) is 4.04. The molecule has 0 spiro atoms. The standard InChI is InChI=1S/C16H16N2O5/c1-23-10-4-2-9(3-5-10)14(21)13-11(8-12(19)20)16(22)18-7-6-17-15(13)18/h2-5,11,17H,6-8H2,1H3,(H,19,20)/t11-/m0/s1. The molecule has 0 bridgehead atoms. The second kappa shape index (κ2) is 5.75. The van der Waals surface area contributed by atoms with E-state index in [0.717, 1.165) is 0 Å². The molecule has 1 fully saturated rings. The molecule has 120 valence electrons. The van der Waals surface area contributed by atoms with Crippen LogP contribution in [0.15, 0.2) is 35.7 Å². The van der Waals surface area contributed by atoms with Gasteiger partial charge in [-0.2, -0.15) is 0 Å². The third-order valence-electron chi connectivity index (χ3n) is 4.04. The summed E-state index contributed by atoms with van der Waals surface area (Å²) in [6, 6.07) is 6.52. The molecule has 2 heterocycles. The van der Waals surface area contributed by atoms with E-state index in [2.05, 4.69) is 5.32 Å². The summed E-state index contributed by atoms with van der Waals surface area (Å²) in [7, 11) is 1.53. The van der Waals surface area contributed by atoms with Crippen LogP contribution >= 0.6 is 0 Å². The molecule has 1 amide bonds. The number of aliphatic carboxylic acids is 1. The number of ketones is 1. The molecule has 0 radical (unpaired) electrons. The quantitative estimate of drug-likeness (QED) is 0.773. The lowest BCUT2D eigenvalue weighted by molar-refractivity contribution is -0.141. The number of fused-ring (bicyclic) bond motifs is 1. The fourth-order valence-electron chi connectivity index (χ4n) is 2.96. The lowest BCUT2D eigenvalue weighted by Crippen LogP contribution is -2.29. The first-order chi connectivity index (χ1) is 11.0. The summed E-state index contributed by atoms with van der Waals surface area (Å²) in [4.78, 5) is 37.7. The fourth-order valence-corrected chi connectivity index (χ4v) is 2.96. The van der Waals surface area contributed by atoms with Crippen LogP contribution in [0, 0.1) is 5.92 Å². The van der Waals surface area contributed by atoms with Gasteiger partial charge in [-0.1, -0.05) is 0 Å². The van der Waals surface area contributed by atoms with Gasteiger partial charge >= 0.3 is 5.97 Å². The topological polar surface area (TPSA) is 95.9 Å². The van der Waals surface area contributed by atoms with E-state index in [1.165, 1.54) is 12.0 Å². The van der Waals surface area contributed by atoms with Crippen LogP contribution in [0.25, 0.3) is 0 Å². The van der Waals surface area contributed by atoms with Crippen LogP contribution in [0.2, 0.25) is 0 Å². The number of benzene rings is 1. The van der Waals surface area contributed by atoms with Gasteiger partial charge in [-0.3, -0.25) is 19.3 Å². The van der Waals surface area contributed by atoms with Crippen LogP contribution in [0.4, 0.5) is 0 Å². The second-order valence-electron chi connectivity index (χ2n) is 5.39. The molecular weight excluding hydrogens is 300 g/mol. The number of methoxy groups -OCH3 is 1.